The average Bonchev–Trinajstić information content (AvgIpc) is 3.40. The third kappa shape index (κ3) is 3.02. The molecular formula is C18H18BrN5O2S. The summed E-state index contributed by atoms with van der Waals surface area (Å²) in [5.41, 5.74) is 0. The number of halogens is 1. The van der Waals surface area contributed by atoms with E-state index in [2.05, 4.69) is 31.2 Å². The van der Waals surface area contributed by atoms with E-state index in [9.17, 15) is 4.79 Å². The molecule has 1 saturated carbocycles. The first-order valence-electron chi connectivity index (χ1n) is 8.95. The predicted octanol–water partition coefficient (Wildman–Crippen LogP) is 3.12. The Bertz CT molecular complexity index is 1000. The van der Waals surface area contributed by atoms with Crippen LogP contribution in [0.3, 0.4) is 0 Å². The van der Waals surface area contributed by atoms with E-state index in [1.807, 2.05) is 41.0 Å². The van der Waals surface area contributed by atoms with Crippen molar-refractivity contribution in [2.75, 3.05) is 13.1 Å². The lowest BCUT2D eigenvalue weighted by Gasteiger charge is -2.21. The number of fused-ring (bicyclic) bond motifs is 2. The number of ether oxygens (including phenoxy) is 1. The number of carbonyl (C=O) groups is 1. The predicted molar refractivity (Wildman–Crippen MR) is 105 cm³/mol. The summed E-state index contributed by atoms with van der Waals surface area (Å²) in [4.78, 5) is 16.8. The second-order valence-electron chi connectivity index (χ2n) is 7.20. The smallest absolute Gasteiger partial charge is 0.264 e. The van der Waals surface area contributed by atoms with Crippen molar-refractivity contribution in [2.24, 2.45) is 18.9 Å². The topological polar surface area (TPSA) is 73.1 Å². The molecule has 140 valence electrons. The SMILES string of the molecule is Cn1ncc2cc(C(=O)N3C[C@@H]4CC[C@@H](Oc5ccc(Br)nn5)[C@@H]4C3)sc21. The molecule has 0 unspecified atom stereocenters. The molecule has 9 heteroatoms. The van der Waals surface area contributed by atoms with Crippen LogP contribution >= 0.6 is 27.3 Å². The average molecular weight is 448 g/mol. The monoisotopic (exact) mass is 447 g/mol. The summed E-state index contributed by atoms with van der Waals surface area (Å²) in [6.45, 7) is 1.55. The van der Waals surface area contributed by atoms with Crippen molar-refractivity contribution < 1.29 is 9.53 Å². The number of carbonyl (C=O) groups excluding carboxylic acids is 1. The highest BCUT2D eigenvalue weighted by atomic mass is 79.9. The van der Waals surface area contributed by atoms with E-state index in [-0.39, 0.29) is 12.0 Å². The summed E-state index contributed by atoms with van der Waals surface area (Å²) in [5, 5.41) is 13.3. The number of amides is 1. The molecule has 4 heterocycles. The molecule has 5 rings (SSSR count). The molecular weight excluding hydrogens is 430 g/mol. The van der Waals surface area contributed by atoms with Gasteiger partial charge in [0.15, 0.2) is 0 Å². The number of hydrogen-bond acceptors (Lipinski definition) is 6. The number of likely N-dealkylation sites (tertiary alicyclic amines) is 1. The lowest BCUT2D eigenvalue weighted by molar-refractivity contribution is 0.0765. The van der Waals surface area contributed by atoms with E-state index < -0.39 is 0 Å². The maximum atomic E-state index is 13.0. The fraction of sp³-hybridized carbons (Fsp3) is 0.444. The molecule has 0 spiro atoms. The van der Waals surface area contributed by atoms with Gasteiger partial charge in [-0.1, -0.05) is 0 Å². The van der Waals surface area contributed by atoms with E-state index in [0.717, 1.165) is 41.0 Å². The molecule has 0 N–H and O–H groups in total. The van der Waals surface area contributed by atoms with Gasteiger partial charge in [-0.25, -0.2) is 0 Å². The van der Waals surface area contributed by atoms with E-state index in [1.165, 1.54) is 11.3 Å². The largest absolute Gasteiger partial charge is 0.473 e. The Morgan fingerprint density at radius 2 is 2.19 bits per heavy atom. The second kappa shape index (κ2) is 6.56. The van der Waals surface area contributed by atoms with Crippen LogP contribution < -0.4 is 4.74 Å². The van der Waals surface area contributed by atoms with Gasteiger partial charge < -0.3 is 9.64 Å². The number of nitrogens with zero attached hydrogens (tertiary/aromatic N) is 5. The summed E-state index contributed by atoms with van der Waals surface area (Å²) in [6, 6.07) is 5.61. The molecule has 2 aliphatic rings. The molecule has 3 aromatic heterocycles. The Labute approximate surface area is 168 Å². The Hall–Kier alpha value is -2.00. The second-order valence-corrected chi connectivity index (χ2v) is 9.04. The number of thiophene rings is 1. The fourth-order valence-electron chi connectivity index (χ4n) is 4.25. The highest BCUT2D eigenvalue weighted by molar-refractivity contribution is 9.10. The highest BCUT2D eigenvalue weighted by Gasteiger charge is 2.45. The molecule has 27 heavy (non-hydrogen) atoms. The van der Waals surface area contributed by atoms with Crippen LogP contribution in [0.4, 0.5) is 0 Å². The van der Waals surface area contributed by atoms with Gasteiger partial charge in [0.2, 0.25) is 5.88 Å². The van der Waals surface area contributed by atoms with Gasteiger partial charge in [-0.3, -0.25) is 9.48 Å². The standard InChI is InChI=1S/C18H18BrN5O2S/c1-23-18-11(7-20-23)6-14(27-18)17(25)24-8-10-2-3-13(12(10)9-24)26-16-5-4-15(19)21-22-16/h4-7,10,12-13H,2-3,8-9H2,1H3/t10-,12+,13+/m0/s1. The molecule has 0 aromatic carbocycles. The molecule has 7 nitrogen and oxygen atoms in total. The summed E-state index contributed by atoms with van der Waals surface area (Å²) in [5.74, 6) is 1.52. The third-order valence-corrected chi connectivity index (χ3v) is 7.20. The van der Waals surface area contributed by atoms with Crippen LogP contribution in [0.1, 0.15) is 22.5 Å². The van der Waals surface area contributed by atoms with Crippen molar-refractivity contribution in [1.82, 2.24) is 24.9 Å². The van der Waals surface area contributed by atoms with Crippen molar-refractivity contribution >= 4 is 43.4 Å². The molecule has 1 aliphatic carbocycles. The van der Waals surface area contributed by atoms with Gasteiger partial charge in [0.1, 0.15) is 15.5 Å². The van der Waals surface area contributed by atoms with Gasteiger partial charge in [0.25, 0.3) is 5.91 Å². The van der Waals surface area contributed by atoms with Gasteiger partial charge in [-0.2, -0.15) is 5.10 Å². The Balaban J connectivity index is 1.29. The number of hydrogen-bond donors (Lipinski definition) is 0. The number of rotatable bonds is 3. The third-order valence-electron chi connectivity index (χ3n) is 5.57. The minimum atomic E-state index is 0.0925. The first-order chi connectivity index (χ1) is 13.1. The maximum absolute atomic E-state index is 13.0. The Kier molecular flexibility index (Phi) is 4.16. The van der Waals surface area contributed by atoms with Crippen molar-refractivity contribution in [3.05, 3.63) is 33.9 Å². The van der Waals surface area contributed by atoms with E-state index in [0.29, 0.717) is 22.3 Å². The van der Waals surface area contributed by atoms with Gasteiger partial charge in [-0.15, -0.1) is 21.5 Å². The van der Waals surface area contributed by atoms with Crippen LogP contribution in [0.5, 0.6) is 5.88 Å². The van der Waals surface area contributed by atoms with E-state index in [4.69, 9.17) is 4.74 Å². The van der Waals surface area contributed by atoms with Crippen molar-refractivity contribution in [3.8, 4) is 5.88 Å². The number of aromatic nitrogens is 4. The molecule has 1 amide bonds. The molecule has 1 saturated heterocycles. The van der Waals surface area contributed by atoms with Crippen LogP contribution in [0.25, 0.3) is 10.2 Å². The van der Waals surface area contributed by atoms with Crippen molar-refractivity contribution in [1.29, 1.82) is 0 Å². The number of aryl methyl sites for hydroxylation is 1. The van der Waals surface area contributed by atoms with Gasteiger partial charge in [-0.05, 0) is 46.8 Å². The molecule has 3 atom stereocenters. The normalized spacial score (nSPS) is 24.5. The van der Waals surface area contributed by atoms with E-state index in [1.54, 1.807) is 0 Å². The van der Waals surface area contributed by atoms with Gasteiger partial charge in [0.05, 0.1) is 11.1 Å². The molecule has 0 bridgehead atoms. The summed E-state index contributed by atoms with van der Waals surface area (Å²) < 4.78 is 8.60. The molecule has 2 fully saturated rings. The minimum absolute atomic E-state index is 0.0925. The summed E-state index contributed by atoms with van der Waals surface area (Å²) in [6.07, 6.45) is 3.99. The van der Waals surface area contributed by atoms with Crippen molar-refractivity contribution in [3.63, 3.8) is 0 Å². The fourth-order valence-corrected chi connectivity index (χ4v) is 5.48. The minimum Gasteiger partial charge on any atom is -0.473 e. The lowest BCUT2D eigenvalue weighted by Crippen LogP contribution is -2.32. The maximum Gasteiger partial charge on any atom is 0.264 e. The van der Waals surface area contributed by atoms with Crippen LogP contribution in [-0.2, 0) is 7.05 Å². The Morgan fingerprint density at radius 1 is 1.30 bits per heavy atom. The van der Waals surface area contributed by atoms with Crippen LogP contribution in [0.15, 0.2) is 29.0 Å². The summed E-state index contributed by atoms with van der Waals surface area (Å²) in [7, 11) is 1.90. The molecule has 0 radical (unpaired) electrons. The highest BCUT2D eigenvalue weighted by Crippen LogP contribution is 2.41. The van der Waals surface area contributed by atoms with Crippen LogP contribution in [0, 0.1) is 11.8 Å². The quantitative estimate of drug-likeness (QED) is 0.616. The summed E-state index contributed by atoms with van der Waals surface area (Å²) >= 11 is 4.80. The zero-order valence-corrected chi connectivity index (χ0v) is 17.1. The zero-order valence-electron chi connectivity index (χ0n) is 14.7. The van der Waals surface area contributed by atoms with Crippen LogP contribution in [0.2, 0.25) is 0 Å². The molecule has 3 aromatic rings. The van der Waals surface area contributed by atoms with Gasteiger partial charge in [0, 0.05) is 37.5 Å². The van der Waals surface area contributed by atoms with Crippen LogP contribution in [-0.4, -0.2) is 50.0 Å². The van der Waals surface area contributed by atoms with Crippen molar-refractivity contribution in [2.45, 2.75) is 18.9 Å². The first kappa shape index (κ1) is 17.1. The zero-order chi connectivity index (χ0) is 18.5. The molecule has 1 aliphatic heterocycles. The Morgan fingerprint density at radius 3 is 2.96 bits per heavy atom. The first-order valence-corrected chi connectivity index (χ1v) is 10.6. The lowest BCUT2D eigenvalue weighted by atomic mass is 9.99. The van der Waals surface area contributed by atoms with Gasteiger partial charge >= 0.3 is 0 Å². The van der Waals surface area contributed by atoms with E-state index >= 15 is 0 Å².